The maximum atomic E-state index is 13.0. The molecule has 2 heterocycles. The highest BCUT2D eigenvalue weighted by Gasteiger charge is 2.48. The van der Waals surface area contributed by atoms with Crippen molar-refractivity contribution >= 4 is 40.7 Å². The van der Waals surface area contributed by atoms with E-state index in [0.717, 1.165) is 11.3 Å². The number of hydrogen-bond donors (Lipinski definition) is 5. The minimum atomic E-state index is -0.789. The molecule has 0 spiro atoms. The van der Waals surface area contributed by atoms with Gasteiger partial charge in [-0.25, -0.2) is 0 Å². The number of carbonyl (C=O) groups excluding carboxylic acids is 3. The van der Waals surface area contributed by atoms with Crippen molar-refractivity contribution < 1.29 is 14.4 Å². The minimum absolute atomic E-state index is 0.0541. The molecule has 0 saturated carbocycles. The monoisotopic (exact) mass is 455 g/mol. The van der Waals surface area contributed by atoms with Crippen LogP contribution in [0.25, 0.3) is 0 Å². The van der Waals surface area contributed by atoms with Crippen molar-refractivity contribution in [2.24, 2.45) is 11.8 Å². The number of anilines is 2. The van der Waals surface area contributed by atoms with Gasteiger partial charge in [-0.3, -0.25) is 19.7 Å². The van der Waals surface area contributed by atoms with Crippen molar-refractivity contribution in [3.8, 4) is 0 Å². The van der Waals surface area contributed by atoms with Gasteiger partial charge in [-0.05, 0) is 47.9 Å². The van der Waals surface area contributed by atoms with E-state index in [1.165, 1.54) is 0 Å². The van der Waals surface area contributed by atoms with Crippen LogP contribution in [0.5, 0.6) is 0 Å². The summed E-state index contributed by atoms with van der Waals surface area (Å²) in [6, 6.07) is 14.6. The van der Waals surface area contributed by atoms with Crippen molar-refractivity contribution in [1.82, 2.24) is 16.0 Å². The van der Waals surface area contributed by atoms with Crippen LogP contribution in [0.2, 0.25) is 5.02 Å². The Kier molecular flexibility index (Phi) is 6.34. The highest BCUT2D eigenvalue weighted by molar-refractivity contribution is 6.30. The second-order valence-corrected chi connectivity index (χ2v) is 8.84. The summed E-state index contributed by atoms with van der Waals surface area (Å²) in [6.07, 6.45) is -1.34. The van der Waals surface area contributed by atoms with E-state index in [1.54, 1.807) is 24.3 Å². The van der Waals surface area contributed by atoms with Crippen molar-refractivity contribution in [2.75, 3.05) is 10.6 Å². The number of benzene rings is 2. The van der Waals surface area contributed by atoms with Crippen LogP contribution in [-0.2, 0) is 14.4 Å². The molecule has 0 aliphatic carbocycles. The maximum Gasteiger partial charge on any atom is 0.229 e. The largest absolute Gasteiger partial charge is 0.353 e. The number of fused-ring (bicyclic) bond motifs is 1. The predicted octanol–water partition coefficient (Wildman–Crippen LogP) is 2.60. The normalized spacial score (nSPS) is 24.9. The molecule has 0 bridgehead atoms. The summed E-state index contributed by atoms with van der Waals surface area (Å²) in [5, 5.41) is 15.4. The Morgan fingerprint density at radius 1 is 1.00 bits per heavy atom. The van der Waals surface area contributed by atoms with E-state index < -0.39 is 24.3 Å². The third-order valence-corrected chi connectivity index (χ3v) is 6.04. The maximum absolute atomic E-state index is 13.0. The SMILES string of the molecule is CC(C)c1ccc(NC(=O)C2CC(=O)NC3NC(Nc4ccc(Cl)cc4)NC(=O)C32)cc1. The molecular formula is C23H26ClN5O3. The third-order valence-electron chi connectivity index (χ3n) is 5.79. The van der Waals surface area contributed by atoms with Gasteiger partial charge in [0.1, 0.15) is 0 Å². The van der Waals surface area contributed by atoms with Crippen LogP contribution in [-0.4, -0.2) is 30.2 Å². The van der Waals surface area contributed by atoms with Crippen LogP contribution < -0.4 is 26.6 Å². The highest BCUT2D eigenvalue weighted by atomic mass is 35.5. The Morgan fingerprint density at radius 3 is 2.31 bits per heavy atom. The van der Waals surface area contributed by atoms with Gasteiger partial charge in [-0.2, -0.15) is 0 Å². The Hall–Kier alpha value is -3.10. The van der Waals surface area contributed by atoms with Crippen LogP contribution in [0.3, 0.4) is 0 Å². The fourth-order valence-corrected chi connectivity index (χ4v) is 4.18. The van der Waals surface area contributed by atoms with E-state index in [9.17, 15) is 14.4 Å². The molecule has 2 aromatic rings. The first kappa shape index (κ1) is 22.1. The Bertz CT molecular complexity index is 1010. The summed E-state index contributed by atoms with van der Waals surface area (Å²) < 4.78 is 0. The molecule has 5 N–H and O–H groups in total. The van der Waals surface area contributed by atoms with E-state index in [1.807, 2.05) is 24.3 Å². The van der Waals surface area contributed by atoms with E-state index in [-0.39, 0.29) is 24.1 Å². The van der Waals surface area contributed by atoms with Crippen molar-refractivity contribution in [3.05, 3.63) is 59.1 Å². The fraction of sp³-hybridized carbons (Fsp3) is 0.348. The molecule has 4 rings (SSSR count). The van der Waals surface area contributed by atoms with E-state index in [4.69, 9.17) is 11.6 Å². The summed E-state index contributed by atoms with van der Waals surface area (Å²) >= 11 is 5.91. The summed E-state index contributed by atoms with van der Waals surface area (Å²) in [7, 11) is 0. The molecule has 9 heteroatoms. The molecule has 0 aromatic heterocycles. The standard InChI is InChI=1S/C23H26ClN5O3/c1-12(2)13-3-7-15(8-4-13)25-21(31)17-11-18(30)27-20-19(17)22(32)29-23(28-20)26-16-9-5-14(24)6-10-16/h3-10,12,17,19-20,23,26,28H,11H2,1-2H3,(H,25,31)(H,27,30)(H,29,32). The van der Waals surface area contributed by atoms with E-state index in [2.05, 4.69) is 40.4 Å². The molecule has 4 unspecified atom stereocenters. The predicted molar refractivity (Wildman–Crippen MR) is 123 cm³/mol. The number of hydrogen-bond acceptors (Lipinski definition) is 5. The number of carbonyl (C=O) groups is 3. The molecule has 168 valence electrons. The number of halogens is 1. The lowest BCUT2D eigenvalue weighted by Gasteiger charge is -2.43. The summed E-state index contributed by atoms with van der Waals surface area (Å²) in [5.41, 5.74) is 2.54. The van der Waals surface area contributed by atoms with Crippen LogP contribution >= 0.6 is 11.6 Å². The summed E-state index contributed by atoms with van der Waals surface area (Å²) in [5.74, 6) is -2.08. The van der Waals surface area contributed by atoms with Crippen molar-refractivity contribution in [2.45, 2.75) is 38.6 Å². The quantitative estimate of drug-likeness (QED) is 0.476. The first-order valence-corrected chi connectivity index (χ1v) is 11.0. The average molecular weight is 456 g/mol. The third kappa shape index (κ3) is 4.87. The molecule has 0 radical (unpaired) electrons. The first-order valence-electron chi connectivity index (χ1n) is 10.6. The van der Waals surface area contributed by atoms with E-state index in [0.29, 0.717) is 16.6 Å². The van der Waals surface area contributed by atoms with E-state index >= 15 is 0 Å². The number of rotatable bonds is 5. The van der Waals surface area contributed by atoms with Gasteiger partial charge < -0.3 is 21.3 Å². The van der Waals surface area contributed by atoms with Crippen LogP contribution in [0, 0.1) is 11.8 Å². The second kappa shape index (κ2) is 9.18. The summed E-state index contributed by atoms with van der Waals surface area (Å²) in [4.78, 5) is 38.3. The van der Waals surface area contributed by atoms with Gasteiger partial charge in [-0.15, -0.1) is 0 Å². The van der Waals surface area contributed by atoms with Crippen LogP contribution in [0.1, 0.15) is 31.7 Å². The topological polar surface area (TPSA) is 111 Å². The average Bonchev–Trinajstić information content (AvgIpc) is 2.75. The fourth-order valence-electron chi connectivity index (χ4n) is 4.05. The molecule has 8 nitrogen and oxygen atoms in total. The lowest BCUT2D eigenvalue weighted by molar-refractivity contribution is -0.144. The number of nitrogens with one attached hydrogen (secondary N) is 5. The Labute approximate surface area is 191 Å². The minimum Gasteiger partial charge on any atom is -0.353 e. The van der Waals surface area contributed by atoms with Gasteiger partial charge in [0.05, 0.1) is 18.0 Å². The highest BCUT2D eigenvalue weighted by Crippen LogP contribution is 2.28. The zero-order valence-electron chi connectivity index (χ0n) is 17.8. The Balaban J connectivity index is 1.45. The smallest absolute Gasteiger partial charge is 0.229 e. The summed E-state index contributed by atoms with van der Waals surface area (Å²) in [6.45, 7) is 4.19. The molecule has 2 aliphatic rings. The molecule has 2 aliphatic heterocycles. The van der Waals surface area contributed by atoms with Crippen molar-refractivity contribution in [3.63, 3.8) is 0 Å². The van der Waals surface area contributed by atoms with Crippen molar-refractivity contribution in [1.29, 1.82) is 0 Å². The van der Waals surface area contributed by atoms with Crippen LogP contribution in [0.15, 0.2) is 48.5 Å². The van der Waals surface area contributed by atoms with Gasteiger partial charge in [0.2, 0.25) is 17.7 Å². The molecule has 2 fully saturated rings. The Morgan fingerprint density at radius 2 is 1.66 bits per heavy atom. The van der Waals surface area contributed by atoms with Gasteiger partial charge in [0, 0.05) is 22.8 Å². The zero-order chi connectivity index (χ0) is 22.8. The van der Waals surface area contributed by atoms with Gasteiger partial charge >= 0.3 is 0 Å². The lowest BCUT2D eigenvalue weighted by Crippen LogP contribution is -2.72. The second-order valence-electron chi connectivity index (χ2n) is 8.41. The number of amides is 3. The van der Waals surface area contributed by atoms with Gasteiger partial charge in [0.15, 0.2) is 6.29 Å². The molecule has 32 heavy (non-hydrogen) atoms. The number of piperidine rings is 1. The van der Waals surface area contributed by atoms with Gasteiger partial charge in [-0.1, -0.05) is 37.6 Å². The molecule has 2 aromatic carbocycles. The molecule has 3 amide bonds. The first-order chi connectivity index (χ1) is 15.3. The molecular weight excluding hydrogens is 430 g/mol. The van der Waals surface area contributed by atoms with Crippen LogP contribution in [0.4, 0.5) is 11.4 Å². The van der Waals surface area contributed by atoms with Gasteiger partial charge in [0.25, 0.3) is 0 Å². The molecule has 2 saturated heterocycles. The zero-order valence-corrected chi connectivity index (χ0v) is 18.6. The molecule has 4 atom stereocenters. The lowest BCUT2D eigenvalue weighted by atomic mass is 9.81.